The molecule has 2 aromatic carbocycles. The van der Waals surface area contributed by atoms with Crippen LogP contribution in [-0.2, 0) is 18.5 Å². The van der Waals surface area contributed by atoms with E-state index in [-0.39, 0.29) is 11.6 Å². The highest BCUT2D eigenvalue weighted by Gasteiger charge is 2.59. The van der Waals surface area contributed by atoms with Crippen molar-refractivity contribution in [1.29, 1.82) is 0 Å². The largest absolute Gasteiger partial charge is 0.496 e. The molecular formula is C28H29N3O3. The van der Waals surface area contributed by atoms with E-state index in [9.17, 15) is 9.59 Å². The molecule has 1 saturated heterocycles. The lowest BCUT2D eigenvalue weighted by Crippen LogP contribution is -2.60. The van der Waals surface area contributed by atoms with E-state index in [0.717, 1.165) is 43.1 Å². The number of para-hydroxylation sites is 1. The lowest BCUT2D eigenvalue weighted by Gasteiger charge is -2.43. The second kappa shape index (κ2) is 9.12. The third-order valence-corrected chi connectivity index (χ3v) is 7.05. The van der Waals surface area contributed by atoms with Crippen molar-refractivity contribution in [2.24, 2.45) is 0 Å². The van der Waals surface area contributed by atoms with Crippen molar-refractivity contribution >= 4 is 11.6 Å². The van der Waals surface area contributed by atoms with Gasteiger partial charge in [-0.2, -0.15) is 0 Å². The van der Waals surface area contributed by atoms with Crippen LogP contribution in [0.4, 0.5) is 0 Å². The Labute approximate surface area is 200 Å². The van der Waals surface area contributed by atoms with Crippen molar-refractivity contribution < 1.29 is 14.3 Å². The van der Waals surface area contributed by atoms with Crippen LogP contribution in [0.15, 0.2) is 66.7 Å². The van der Waals surface area contributed by atoms with Gasteiger partial charge >= 0.3 is 0 Å². The van der Waals surface area contributed by atoms with Crippen molar-refractivity contribution in [2.75, 3.05) is 33.3 Å². The second-order valence-electron chi connectivity index (χ2n) is 8.86. The summed E-state index contributed by atoms with van der Waals surface area (Å²) < 4.78 is 5.51. The molecule has 1 aliphatic heterocycles. The summed E-state index contributed by atoms with van der Waals surface area (Å²) in [4.78, 5) is 37.1. The monoisotopic (exact) mass is 455 g/mol. The number of carbonyl (C=O) groups is 2. The number of piperazine rings is 1. The Bertz CT molecular complexity index is 1200. The van der Waals surface area contributed by atoms with Crippen LogP contribution in [0.2, 0.25) is 0 Å². The number of hydrogen-bond donors (Lipinski definition) is 0. The first kappa shape index (κ1) is 22.4. The second-order valence-corrected chi connectivity index (χ2v) is 8.86. The van der Waals surface area contributed by atoms with Gasteiger partial charge in [-0.25, -0.2) is 0 Å². The van der Waals surface area contributed by atoms with Crippen LogP contribution < -0.4 is 4.74 Å². The predicted octanol–water partition coefficient (Wildman–Crippen LogP) is 3.74. The smallest absolute Gasteiger partial charge is 0.198 e. The summed E-state index contributed by atoms with van der Waals surface area (Å²) in [6, 6.07) is 20.9. The average molecular weight is 456 g/mol. The van der Waals surface area contributed by atoms with Gasteiger partial charge in [0.15, 0.2) is 17.1 Å². The Morgan fingerprint density at radius 3 is 2.15 bits per heavy atom. The van der Waals surface area contributed by atoms with Crippen molar-refractivity contribution in [3.63, 3.8) is 0 Å². The van der Waals surface area contributed by atoms with Crippen molar-refractivity contribution in [2.45, 2.75) is 25.4 Å². The maximum atomic E-state index is 14.0. The van der Waals surface area contributed by atoms with E-state index in [1.54, 1.807) is 19.2 Å². The van der Waals surface area contributed by atoms with Crippen molar-refractivity contribution in [3.8, 4) is 5.75 Å². The Morgan fingerprint density at radius 1 is 0.853 bits per heavy atom. The first-order chi connectivity index (χ1) is 16.6. The minimum absolute atomic E-state index is 0.160. The van der Waals surface area contributed by atoms with Gasteiger partial charge in [0.2, 0.25) is 0 Å². The number of Topliss-reactive ketones (excluding diaryl/α,β-unsaturated/α-hetero) is 2. The molecule has 1 fully saturated rings. The minimum atomic E-state index is -1.40. The minimum Gasteiger partial charge on any atom is -0.496 e. The number of carbonyl (C=O) groups excluding carboxylic acids is 2. The topological polar surface area (TPSA) is 62.7 Å². The van der Waals surface area contributed by atoms with Crippen molar-refractivity contribution in [1.82, 2.24) is 14.8 Å². The fraction of sp³-hybridized carbons (Fsp3) is 0.321. The van der Waals surface area contributed by atoms with Gasteiger partial charge in [0.1, 0.15) is 5.75 Å². The van der Waals surface area contributed by atoms with Crippen LogP contribution >= 0.6 is 0 Å². The SMILES string of the molecule is CCc1cccc(C2(N3CCN(Cc4ccccc4OC)CC3)C(=O)c3ccccc3C2=O)n1. The summed E-state index contributed by atoms with van der Waals surface area (Å²) in [5.41, 5.74) is 2.14. The van der Waals surface area contributed by atoms with Gasteiger partial charge in [-0.15, -0.1) is 0 Å². The van der Waals surface area contributed by atoms with E-state index in [4.69, 9.17) is 9.72 Å². The number of rotatable bonds is 6. The van der Waals surface area contributed by atoms with Crippen molar-refractivity contribution in [3.05, 3.63) is 94.8 Å². The van der Waals surface area contributed by atoms with Crippen LogP contribution in [0.5, 0.6) is 5.75 Å². The zero-order valence-electron chi connectivity index (χ0n) is 19.7. The number of pyridine rings is 1. The van der Waals surface area contributed by atoms with E-state index >= 15 is 0 Å². The number of ketones is 2. The van der Waals surface area contributed by atoms with Gasteiger partial charge < -0.3 is 4.74 Å². The summed E-state index contributed by atoms with van der Waals surface area (Å²) in [5.74, 6) is 0.553. The molecule has 6 heteroatoms. The van der Waals surface area contributed by atoms with E-state index in [0.29, 0.717) is 29.9 Å². The fourth-order valence-corrected chi connectivity index (χ4v) is 5.25. The maximum Gasteiger partial charge on any atom is 0.198 e. The number of ether oxygens (including phenoxy) is 1. The number of benzene rings is 2. The van der Waals surface area contributed by atoms with Gasteiger partial charge in [0.05, 0.1) is 12.8 Å². The number of fused-ring (bicyclic) bond motifs is 1. The summed E-state index contributed by atoms with van der Waals surface area (Å²) in [6.07, 6.45) is 0.742. The molecule has 0 bridgehead atoms. The molecule has 0 N–H and O–H groups in total. The molecule has 34 heavy (non-hydrogen) atoms. The molecule has 0 amide bonds. The summed E-state index contributed by atoms with van der Waals surface area (Å²) in [6.45, 7) is 5.46. The molecule has 174 valence electrons. The lowest BCUT2D eigenvalue weighted by atomic mass is 9.85. The first-order valence-corrected chi connectivity index (χ1v) is 11.8. The van der Waals surface area contributed by atoms with Gasteiger partial charge in [-0.1, -0.05) is 55.5 Å². The maximum absolute atomic E-state index is 14.0. The molecule has 0 radical (unpaired) electrons. The first-order valence-electron chi connectivity index (χ1n) is 11.8. The molecule has 2 aliphatic rings. The van der Waals surface area contributed by atoms with Crippen LogP contribution in [-0.4, -0.2) is 59.6 Å². The molecule has 0 unspecified atom stereocenters. The molecule has 5 rings (SSSR count). The molecule has 1 aromatic heterocycles. The average Bonchev–Trinajstić information content (AvgIpc) is 3.12. The van der Waals surface area contributed by atoms with E-state index < -0.39 is 5.54 Å². The predicted molar refractivity (Wildman–Crippen MR) is 130 cm³/mol. The lowest BCUT2D eigenvalue weighted by molar-refractivity contribution is 0.0265. The molecule has 0 atom stereocenters. The highest BCUT2D eigenvalue weighted by molar-refractivity contribution is 6.32. The van der Waals surface area contributed by atoms with E-state index in [1.165, 1.54) is 0 Å². The Balaban J connectivity index is 1.47. The third kappa shape index (κ3) is 3.54. The number of nitrogens with zero attached hydrogens (tertiary/aromatic N) is 3. The fourth-order valence-electron chi connectivity index (χ4n) is 5.25. The number of hydrogen-bond acceptors (Lipinski definition) is 6. The molecule has 6 nitrogen and oxygen atoms in total. The van der Waals surface area contributed by atoms with Gasteiger partial charge in [0.25, 0.3) is 0 Å². The van der Waals surface area contributed by atoms with Crippen LogP contribution in [0, 0.1) is 0 Å². The van der Waals surface area contributed by atoms with E-state index in [2.05, 4.69) is 15.9 Å². The number of aryl methyl sites for hydroxylation is 1. The van der Waals surface area contributed by atoms with Gasteiger partial charge in [0, 0.05) is 55.1 Å². The van der Waals surface area contributed by atoms with Crippen LogP contribution in [0.3, 0.4) is 0 Å². The van der Waals surface area contributed by atoms with Crippen LogP contribution in [0.1, 0.15) is 44.6 Å². The highest BCUT2D eigenvalue weighted by Crippen LogP contribution is 2.42. The Morgan fingerprint density at radius 2 is 1.50 bits per heavy atom. The van der Waals surface area contributed by atoms with Gasteiger partial charge in [-0.05, 0) is 24.6 Å². The normalized spacial score (nSPS) is 18.2. The standard InChI is InChI=1S/C28H29N3O3/c1-3-21-10-8-14-25(29-21)28(26(32)22-11-5-6-12-23(22)27(28)33)31-17-15-30(16-18-31)19-20-9-4-7-13-24(20)34-2/h4-14H,3,15-19H2,1-2H3. The molecular weight excluding hydrogens is 426 g/mol. The van der Waals surface area contributed by atoms with E-state index in [1.807, 2.05) is 55.5 Å². The van der Waals surface area contributed by atoms with Gasteiger partial charge in [-0.3, -0.25) is 24.4 Å². The molecule has 3 aromatic rings. The number of aromatic nitrogens is 1. The third-order valence-electron chi connectivity index (χ3n) is 7.05. The molecule has 2 heterocycles. The zero-order valence-corrected chi connectivity index (χ0v) is 19.7. The quantitative estimate of drug-likeness (QED) is 0.528. The highest BCUT2D eigenvalue weighted by atomic mass is 16.5. The Hall–Kier alpha value is -3.35. The Kier molecular flexibility index (Phi) is 6.02. The summed E-state index contributed by atoms with van der Waals surface area (Å²) in [5, 5.41) is 0. The summed E-state index contributed by atoms with van der Waals surface area (Å²) >= 11 is 0. The number of methoxy groups -OCH3 is 1. The van der Waals surface area contributed by atoms with Crippen LogP contribution in [0.25, 0.3) is 0 Å². The summed E-state index contributed by atoms with van der Waals surface area (Å²) in [7, 11) is 1.69. The zero-order chi connectivity index (χ0) is 23.7. The molecule has 0 saturated carbocycles. The molecule has 1 aliphatic carbocycles. The molecule has 0 spiro atoms.